The number of aromatic nitrogens is 1. The van der Waals surface area contributed by atoms with Gasteiger partial charge in [0.15, 0.2) is 5.69 Å². The van der Waals surface area contributed by atoms with Gasteiger partial charge in [-0.3, -0.25) is 0 Å². The van der Waals surface area contributed by atoms with Gasteiger partial charge in [0.1, 0.15) is 12.0 Å². The first-order valence-electron chi connectivity index (χ1n) is 13.2. The second-order valence-electron chi connectivity index (χ2n) is 10.4. The summed E-state index contributed by atoms with van der Waals surface area (Å²) in [5, 5.41) is 6.07. The Kier molecular flexibility index (Phi) is 8.94. The summed E-state index contributed by atoms with van der Waals surface area (Å²) in [6.07, 6.45) is 0.600. The molecule has 0 saturated heterocycles. The maximum Gasteiger partial charge on any atom is 0.360 e. The van der Waals surface area contributed by atoms with Gasteiger partial charge in [-0.15, -0.1) is 0 Å². The molecule has 1 atom stereocenters. The van der Waals surface area contributed by atoms with Crippen LogP contribution in [0.5, 0.6) is 0 Å². The zero-order valence-corrected chi connectivity index (χ0v) is 23.9. The van der Waals surface area contributed by atoms with Gasteiger partial charge in [-0.05, 0) is 27.9 Å². The average Bonchev–Trinajstić information content (AvgIpc) is 3.34. The quantitative estimate of drug-likeness (QED) is 0.143. The third kappa shape index (κ3) is 5.94. The van der Waals surface area contributed by atoms with Crippen molar-refractivity contribution in [1.29, 1.82) is 0 Å². The number of carbonyl (C=O) groups excluding carboxylic acids is 2. The fraction of sp³-hybridized carbons (Fsp3) is 0.281. The number of benzene rings is 3. The molecule has 4 aromatic rings. The number of nitrogens with zero attached hydrogens (tertiary/aromatic N) is 1. The van der Waals surface area contributed by atoms with E-state index in [1.165, 1.54) is 0 Å². The topological polar surface area (TPSA) is 78.6 Å². The van der Waals surface area contributed by atoms with E-state index in [0.717, 1.165) is 22.2 Å². The third-order valence-electron chi connectivity index (χ3n) is 6.90. The molecule has 0 aliphatic carbocycles. The predicted molar refractivity (Wildman–Crippen MR) is 154 cm³/mol. The van der Waals surface area contributed by atoms with Crippen LogP contribution in [0, 0.1) is 0 Å². The van der Waals surface area contributed by atoms with Gasteiger partial charge < -0.3 is 18.5 Å². The normalized spacial score (nSPS) is 12.6. The van der Waals surface area contributed by atoms with E-state index >= 15 is 0 Å². The molecule has 3 aromatic carbocycles. The largest absolute Gasteiger partial charge is 0.461 e. The lowest BCUT2D eigenvalue weighted by Crippen LogP contribution is -2.67. The van der Waals surface area contributed by atoms with Crippen LogP contribution in [-0.2, 0) is 26.8 Å². The van der Waals surface area contributed by atoms with E-state index in [9.17, 15) is 9.59 Å². The van der Waals surface area contributed by atoms with Crippen LogP contribution in [0.25, 0.3) is 0 Å². The fourth-order valence-electron chi connectivity index (χ4n) is 5.13. The Labute approximate surface area is 231 Å². The Bertz CT molecular complexity index is 1320. The molecule has 0 unspecified atom stereocenters. The number of ether oxygens (including phenoxy) is 1. The maximum atomic E-state index is 12.6. The van der Waals surface area contributed by atoms with Crippen LogP contribution >= 0.6 is 0 Å². The van der Waals surface area contributed by atoms with E-state index in [4.69, 9.17) is 13.7 Å². The zero-order chi connectivity index (χ0) is 27.9. The summed E-state index contributed by atoms with van der Waals surface area (Å²) in [5.74, 6) is -0.162. The van der Waals surface area contributed by atoms with Gasteiger partial charge in [-0.2, -0.15) is 0 Å². The lowest BCUT2D eigenvalue weighted by atomic mass is 10.0. The van der Waals surface area contributed by atoms with Crippen LogP contribution in [0.3, 0.4) is 0 Å². The van der Waals surface area contributed by atoms with Crippen molar-refractivity contribution in [3.63, 3.8) is 0 Å². The molecular formula is C32H35NO5Si. The summed E-state index contributed by atoms with van der Waals surface area (Å²) in [6, 6.07) is 30.8. The zero-order valence-electron chi connectivity index (χ0n) is 22.9. The van der Waals surface area contributed by atoms with Crippen LogP contribution in [0.1, 0.15) is 61.2 Å². The number of hydrogen-bond donors (Lipinski definition) is 0. The van der Waals surface area contributed by atoms with Gasteiger partial charge in [-0.1, -0.05) is 117 Å². The molecule has 202 valence electrons. The van der Waals surface area contributed by atoms with Crippen molar-refractivity contribution in [2.45, 2.75) is 51.7 Å². The van der Waals surface area contributed by atoms with Crippen LogP contribution in [-0.4, -0.2) is 32.3 Å². The van der Waals surface area contributed by atoms with E-state index in [-0.39, 0.29) is 23.8 Å². The molecular weight excluding hydrogens is 506 g/mol. The number of esters is 1. The fourth-order valence-corrected chi connectivity index (χ4v) is 9.79. The molecule has 0 fully saturated rings. The summed E-state index contributed by atoms with van der Waals surface area (Å²) >= 11 is 0. The minimum absolute atomic E-state index is 0.00625. The van der Waals surface area contributed by atoms with E-state index in [2.05, 4.69) is 74.5 Å². The molecule has 1 heterocycles. The number of aldehydes is 1. The SMILES string of the molecule is CCOC(=O)c1noc(C[C@H](O[Si](c2ccccc2)(c2ccccc2)C(C)(C)C)c2ccccc2)c1CC=O. The third-order valence-corrected chi connectivity index (χ3v) is 11.9. The second kappa shape index (κ2) is 12.4. The molecule has 6 nitrogen and oxygen atoms in total. The predicted octanol–water partition coefficient (Wildman–Crippen LogP) is 5.45. The highest BCUT2D eigenvalue weighted by molar-refractivity contribution is 6.99. The van der Waals surface area contributed by atoms with Crippen LogP contribution in [0.15, 0.2) is 95.5 Å². The summed E-state index contributed by atoms with van der Waals surface area (Å²) in [5.41, 5.74) is 1.45. The second-order valence-corrected chi connectivity index (χ2v) is 14.7. The van der Waals surface area contributed by atoms with E-state index < -0.39 is 20.4 Å². The van der Waals surface area contributed by atoms with Gasteiger partial charge in [0.05, 0.1) is 12.7 Å². The van der Waals surface area contributed by atoms with Crippen LogP contribution in [0.2, 0.25) is 5.04 Å². The molecule has 0 bridgehead atoms. The summed E-state index contributed by atoms with van der Waals surface area (Å²) < 4.78 is 18.3. The summed E-state index contributed by atoms with van der Waals surface area (Å²) in [7, 11) is -2.94. The number of rotatable bonds is 11. The lowest BCUT2D eigenvalue weighted by molar-refractivity contribution is -0.107. The molecule has 0 spiro atoms. The Morgan fingerprint density at radius 2 is 1.46 bits per heavy atom. The summed E-state index contributed by atoms with van der Waals surface area (Å²) in [4.78, 5) is 24.2. The minimum Gasteiger partial charge on any atom is -0.461 e. The van der Waals surface area contributed by atoms with Crippen molar-refractivity contribution in [2.24, 2.45) is 0 Å². The van der Waals surface area contributed by atoms with Crippen LogP contribution in [0.4, 0.5) is 0 Å². The molecule has 0 aliphatic rings. The van der Waals surface area contributed by atoms with Crippen molar-refractivity contribution in [3.05, 3.63) is 114 Å². The first-order chi connectivity index (χ1) is 18.8. The van der Waals surface area contributed by atoms with Crippen molar-refractivity contribution < 1.29 is 23.3 Å². The average molecular weight is 542 g/mol. The van der Waals surface area contributed by atoms with Crippen molar-refractivity contribution >= 4 is 30.9 Å². The van der Waals surface area contributed by atoms with Crippen molar-refractivity contribution in [3.8, 4) is 0 Å². The number of carbonyl (C=O) groups is 2. The first kappa shape index (κ1) is 28.2. The highest BCUT2D eigenvalue weighted by Gasteiger charge is 2.51. The molecule has 0 saturated carbocycles. The molecule has 0 N–H and O–H groups in total. The molecule has 4 rings (SSSR count). The van der Waals surface area contributed by atoms with Crippen molar-refractivity contribution in [2.75, 3.05) is 6.61 Å². The summed E-state index contributed by atoms with van der Waals surface area (Å²) in [6.45, 7) is 8.61. The van der Waals surface area contributed by atoms with Crippen molar-refractivity contribution in [1.82, 2.24) is 5.16 Å². The standard InChI is InChI=1S/C32H35NO5Si/c1-5-36-31(35)30-27(21-22-34)29(37-33-30)23-28(24-15-9-6-10-16-24)38-39(32(2,3)4,25-17-11-7-12-18-25)26-19-13-8-14-20-26/h6-20,22,28H,5,21,23H2,1-4H3/t28-/m0/s1. The van der Waals surface area contributed by atoms with Gasteiger partial charge in [0.25, 0.3) is 8.32 Å². The van der Waals surface area contributed by atoms with E-state index in [0.29, 0.717) is 17.7 Å². The molecule has 0 radical (unpaired) electrons. The highest BCUT2D eigenvalue weighted by atomic mass is 28.4. The molecule has 0 amide bonds. The molecule has 0 aliphatic heterocycles. The molecule has 7 heteroatoms. The van der Waals surface area contributed by atoms with Gasteiger partial charge >= 0.3 is 5.97 Å². The number of hydrogen-bond acceptors (Lipinski definition) is 6. The minimum atomic E-state index is -2.94. The first-order valence-corrected chi connectivity index (χ1v) is 15.1. The van der Waals surface area contributed by atoms with E-state index in [1.54, 1.807) is 6.92 Å². The van der Waals surface area contributed by atoms with Gasteiger partial charge in [0.2, 0.25) is 0 Å². The van der Waals surface area contributed by atoms with Crippen LogP contribution < -0.4 is 10.4 Å². The molecule has 39 heavy (non-hydrogen) atoms. The Morgan fingerprint density at radius 1 is 0.923 bits per heavy atom. The Hall–Kier alpha value is -3.81. The Morgan fingerprint density at radius 3 is 1.95 bits per heavy atom. The maximum absolute atomic E-state index is 12.6. The van der Waals surface area contributed by atoms with E-state index in [1.807, 2.05) is 42.5 Å². The monoisotopic (exact) mass is 541 g/mol. The highest BCUT2D eigenvalue weighted by Crippen LogP contribution is 2.41. The Balaban J connectivity index is 1.88. The molecule has 1 aromatic heterocycles. The van der Waals surface area contributed by atoms with Gasteiger partial charge in [0, 0.05) is 18.4 Å². The lowest BCUT2D eigenvalue weighted by Gasteiger charge is -2.45. The van der Waals surface area contributed by atoms with Gasteiger partial charge in [-0.25, -0.2) is 4.79 Å². The smallest absolute Gasteiger partial charge is 0.360 e.